The molecule has 40 nitrogen and oxygen atoms in total. The first-order chi connectivity index (χ1) is 71.9. The van der Waals surface area contributed by atoms with Crippen LogP contribution < -0.4 is 90.4 Å². The third-order valence-corrected chi connectivity index (χ3v) is 34.9. The summed E-state index contributed by atoms with van der Waals surface area (Å²) < 4.78 is 47.8. The molecule has 5 spiro atoms. The second-order valence-electron chi connectivity index (χ2n) is 42.6. The molecule has 10 saturated heterocycles. The van der Waals surface area contributed by atoms with Crippen LogP contribution in [0.3, 0.4) is 0 Å². The summed E-state index contributed by atoms with van der Waals surface area (Å²) in [6.45, 7) is 23.2. The third-order valence-electron chi connectivity index (χ3n) is 34.5. The first-order valence-electron chi connectivity index (χ1n) is 51.9. The van der Waals surface area contributed by atoms with Gasteiger partial charge in [-0.3, -0.25) is 86.7 Å². The molecule has 15 aliphatic heterocycles. The van der Waals surface area contributed by atoms with Gasteiger partial charge in [-0.05, 0) is 147 Å². The van der Waals surface area contributed by atoms with Gasteiger partial charge in [0, 0.05) is 222 Å². The van der Waals surface area contributed by atoms with Crippen LogP contribution in [0.1, 0.15) is 175 Å². The van der Waals surface area contributed by atoms with E-state index in [-0.39, 0.29) is 103 Å². The molecule has 15 aliphatic rings. The number of aryl methyl sites for hydroxylation is 1. The van der Waals surface area contributed by atoms with Crippen LogP contribution in [0.5, 0.6) is 11.5 Å². The molecule has 0 amide bonds. The van der Waals surface area contributed by atoms with Crippen LogP contribution in [0, 0.1) is 34.0 Å². The monoisotopic (exact) mass is 2050 g/mol. The van der Waals surface area contributed by atoms with Gasteiger partial charge >= 0.3 is 0 Å². The number of aliphatic imine (C=N–C) groups is 5. The predicted molar refractivity (Wildman–Crippen MR) is 570 cm³/mol. The van der Waals surface area contributed by atoms with E-state index in [2.05, 4.69) is 85.2 Å². The summed E-state index contributed by atoms with van der Waals surface area (Å²) in [7, 11) is 12.1. The number of ether oxygens (including phenoxy) is 7. The van der Waals surface area contributed by atoms with Gasteiger partial charge < -0.3 is 86.3 Å². The molecule has 2 aromatic carbocycles. The molecule has 10 N–H and O–H groups in total. The van der Waals surface area contributed by atoms with E-state index in [9.17, 15) is 24.0 Å². The number of anilines is 5. The second kappa shape index (κ2) is 41.1. The minimum atomic E-state index is -0.115. The molecule has 10 aromatic rings. The van der Waals surface area contributed by atoms with E-state index in [0.717, 1.165) is 225 Å². The van der Waals surface area contributed by atoms with Crippen LogP contribution in [-0.4, -0.2) is 266 Å². The highest BCUT2D eigenvalue weighted by Crippen LogP contribution is 2.48. The van der Waals surface area contributed by atoms with Crippen LogP contribution in [0.15, 0.2) is 159 Å². The van der Waals surface area contributed by atoms with E-state index >= 15 is 0 Å². The van der Waals surface area contributed by atoms with Crippen LogP contribution in [0.2, 0.25) is 5.02 Å². The number of hydrogen-bond donors (Lipinski definition) is 5. The van der Waals surface area contributed by atoms with Crippen molar-refractivity contribution in [2.45, 2.75) is 173 Å². The third kappa shape index (κ3) is 18.3. The second-order valence-corrected chi connectivity index (χ2v) is 42.9. The zero-order valence-corrected chi connectivity index (χ0v) is 87.3. The summed E-state index contributed by atoms with van der Waals surface area (Å²) >= 11 is 6.51. The van der Waals surface area contributed by atoms with Crippen LogP contribution in [-0.2, 0) is 91.6 Å². The number of fused-ring (bicyclic) bond motifs is 5. The highest BCUT2D eigenvalue weighted by Gasteiger charge is 2.53. The molecular weight excluding hydrogens is 1920 g/mol. The Kier molecular flexibility index (Phi) is 28.1. The maximum atomic E-state index is 13.4. The van der Waals surface area contributed by atoms with Gasteiger partial charge in [0.25, 0.3) is 27.8 Å². The Bertz CT molecular complexity index is 7310. The van der Waals surface area contributed by atoms with Gasteiger partial charge in [0.15, 0.2) is 0 Å². The Labute approximate surface area is 868 Å². The SMILES string of the molecule is COc1cccc(C2=NCc3nc(N4CCC5(CC4)COC[C@H]5N)n(C)c(=O)c32)c1Cl.COc1ccccc1C1=NCc2nc(N3CCC4(CC3)CO[C@@H](C)[C@H]4N)n(C)c(=O)c21.C[C@@H]1OCC2(CCN(c3nc4c(c(=O)n3C)C(c3ccncc3)=NC4)CC2)[C@@H]1N.Cc1ncccc1C1=NCc2nc(N3CCC4(CC3)CO[C@@H](C)[C@H]4N)n(C)c(=O)c21.Cn1c(N2CCC3(CC2)COC[C@H]3N)nc2c(c1=O)C(c1ccncc1)=NC2. The molecule has 8 aromatic heterocycles. The quantitative estimate of drug-likeness (QED) is 0.0978. The van der Waals surface area contributed by atoms with E-state index in [0.29, 0.717) is 148 Å². The van der Waals surface area contributed by atoms with E-state index < -0.39 is 0 Å². The van der Waals surface area contributed by atoms with Crippen LogP contribution in [0.4, 0.5) is 29.7 Å². The minimum absolute atomic E-state index is 0.0334. The molecule has 149 heavy (non-hydrogen) atoms. The largest absolute Gasteiger partial charge is 0.496 e. The normalized spacial score (nSPS) is 24.0. The fraction of sp³-hybridized carbons (Fsp3) is 0.519. The number of nitrogens with two attached hydrogens (primary N) is 5. The molecule has 25 rings (SSSR count). The van der Waals surface area contributed by atoms with Gasteiger partial charge in [0.1, 0.15) is 11.5 Å². The number of rotatable bonds is 12. The standard InChI is InChI=1S/C23H29N5O3.C22H26ClN5O3.C22H28N6O2.C21H26N6O2.C20H24N6O2/c1-14-20(24)23(13-31-14)8-10-28(11-9-23)22-26-16-12-25-19(18(16)21(29)27(22)2)15-6-4-5-7-17(15)30-3;1-27-20(29)17-14(10-25-19(17)13-4-3-5-15(30-2)18(13)23)26-21(27)28-8-6-22(7-9-28)12-31-11-16(22)24;1-13-15(5-4-8-24-13)18-17-16(11-25-18)26-21(27(3)20(17)29)28-9-6-22(7-10-28)12-30-14(2)19(22)23;1-13-18(22)21(12-29-13)5-9-27(10-6-21)20-25-15-11-24-17(14-3-7-23-8-4-14)16(15)19(28)26(20)2;1-25-18(27)16-14(10-23-17(16)13-2-6-22-7-3-13)24-19(25)26-8-4-20(5-9-26)12-28-11-15(20)21/h4-7,14,20H,8-13,24H2,1-3H3;3-5,16H,6-12,24H2,1-2H3;4-5,8,14,19H,6-7,9-12,23H2,1-3H3;3-4,7-8,13,18H,5-6,9-12,22H2,1-2H3;2-3,6-7,15H,4-5,8-12,21H2,1H3/t14-,20+;16-;14-,19+;13-,18+;15-/m01001/s1. The molecule has 23 heterocycles. The summed E-state index contributed by atoms with van der Waals surface area (Å²) in [5.74, 6) is 4.79. The Morgan fingerprint density at radius 1 is 0.342 bits per heavy atom. The van der Waals surface area contributed by atoms with Crippen LogP contribution >= 0.6 is 11.6 Å². The first-order valence-corrected chi connectivity index (χ1v) is 52.2. The van der Waals surface area contributed by atoms with Crippen molar-refractivity contribution in [2.75, 3.05) is 150 Å². The molecule has 10 fully saturated rings. The lowest BCUT2D eigenvalue weighted by molar-refractivity contribution is 0.0972. The number of benzene rings is 2. The van der Waals surface area contributed by atoms with Crippen molar-refractivity contribution in [3.63, 3.8) is 0 Å². The zero-order chi connectivity index (χ0) is 104. The van der Waals surface area contributed by atoms with Gasteiger partial charge in [-0.25, -0.2) is 24.9 Å². The van der Waals surface area contributed by atoms with E-state index in [1.54, 1.807) is 109 Å². The number of pyridine rings is 3. The van der Waals surface area contributed by atoms with E-state index in [4.69, 9.17) is 98.3 Å². The molecule has 0 unspecified atom stereocenters. The molecule has 0 aliphatic carbocycles. The first kappa shape index (κ1) is 102. The number of nitrogens with zero attached hydrogens (tertiary/aromatic N) is 23. The van der Waals surface area contributed by atoms with Crippen molar-refractivity contribution < 1.29 is 33.2 Å². The van der Waals surface area contributed by atoms with Gasteiger partial charge in [-0.1, -0.05) is 35.9 Å². The highest BCUT2D eigenvalue weighted by molar-refractivity contribution is 6.37. The summed E-state index contributed by atoms with van der Waals surface area (Å²) in [6, 6.07) is 24.8. The lowest BCUT2D eigenvalue weighted by Gasteiger charge is -2.41. The van der Waals surface area contributed by atoms with Gasteiger partial charge in [-0.15, -0.1) is 0 Å². The molecule has 0 radical (unpaired) electrons. The zero-order valence-electron chi connectivity index (χ0n) is 86.6. The van der Waals surface area contributed by atoms with Crippen molar-refractivity contribution in [3.8, 4) is 11.5 Å². The average molecular weight is 2050 g/mol. The van der Waals surface area contributed by atoms with Gasteiger partial charge in [-0.2, -0.15) is 0 Å². The Balaban J connectivity index is 0.000000109. The maximum absolute atomic E-state index is 13.4. The Morgan fingerprint density at radius 2 is 0.624 bits per heavy atom. The molecule has 41 heteroatoms. The number of aromatic nitrogens is 13. The molecule has 8 atom stereocenters. The fourth-order valence-electron chi connectivity index (χ4n) is 24.6. The summed E-state index contributed by atoms with van der Waals surface area (Å²) in [6.07, 6.45) is 18.4. The maximum Gasteiger partial charge on any atom is 0.264 e. The van der Waals surface area contributed by atoms with Crippen molar-refractivity contribution >= 4 is 69.9 Å². The summed E-state index contributed by atoms with van der Waals surface area (Å²) in [4.78, 5) is 137. The van der Waals surface area contributed by atoms with Crippen molar-refractivity contribution in [1.29, 1.82) is 0 Å². The van der Waals surface area contributed by atoms with E-state index in [1.165, 1.54) is 0 Å². The molecule has 0 bridgehead atoms. The predicted octanol–water partition coefficient (Wildman–Crippen LogP) is 5.71. The Morgan fingerprint density at radius 3 is 0.926 bits per heavy atom. The average Bonchev–Trinajstić information content (AvgIpc) is 1.64. The Hall–Kier alpha value is -12.9. The molecule has 784 valence electrons. The smallest absolute Gasteiger partial charge is 0.264 e. The lowest BCUT2D eigenvalue weighted by Crippen LogP contribution is -2.51. The summed E-state index contributed by atoms with van der Waals surface area (Å²) in [5.41, 5.74) is 46.9. The number of methoxy groups -OCH3 is 2. The molecular formula is C108H133ClN28O12. The number of hydrogen-bond acceptors (Lipinski definition) is 35. The van der Waals surface area contributed by atoms with Gasteiger partial charge in [0.2, 0.25) is 29.7 Å². The number of para-hydroxylation sites is 1. The fourth-order valence-corrected chi connectivity index (χ4v) is 24.9. The molecule has 0 saturated carbocycles. The lowest BCUT2D eigenvalue weighted by atomic mass is 9.73. The van der Waals surface area contributed by atoms with Crippen molar-refractivity contribution in [3.05, 3.63) is 256 Å². The highest BCUT2D eigenvalue weighted by atomic mass is 35.5. The number of halogens is 1. The van der Waals surface area contributed by atoms with Gasteiger partial charge in [0.05, 0.1) is 201 Å². The van der Waals surface area contributed by atoms with Crippen molar-refractivity contribution in [1.82, 2.24) is 62.7 Å². The number of piperidine rings is 5. The summed E-state index contributed by atoms with van der Waals surface area (Å²) in [5, 5.41) is 0.444. The van der Waals surface area contributed by atoms with Crippen molar-refractivity contribution in [2.24, 2.45) is 116 Å². The van der Waals surface area contributed by atoms with Crippen LogP contribution in [0.25, 0.3) is 0 Å². The minimum Gasteiger partial charge on any atom is -0.496 e. The van der Waals surface area contributed by atoms with E-state index in [1.807, 2.05) is 79.7 Å². The topological polar surface area (TPSA) is 486 Å².